The summed E-state index contributed by atoms with van der Waals surface area (Å²) >= 11 is 12.3. The lowest BCUT2D eigenvalue weighted by Gasteiger charge is -2.31. The number of aromatic nitrogens is 20. The number of nitrogens with one attached hydrogen (secondary N) is 1. The third-order valence-corrected chi connectivity index (χ3v) is 28.0. The van der Waals surface area contributed by atoms with Gasteiger partial charge < -0.3 is 25.0 Å². The second-order valence-corrected chi connectivity index (χ2v) is 37.8. The van der Waals surface area contributed by atoms with Crippen LogP contribution in [0.4, 0.5) is 26.3 Å². The summed E-state index contributed by atoms with van der Waals surface area (Å²) < 4.78 is 100. The van der Waals surface area contributed by atoms with E-state index in [0.717, 1.165) is 284 Å². The van der Waals surface area contributed by atoms with Gasteiger partial charge in [0.05, 0.1) is 85.5 Å². The third kappa shape index (κ3) is 22.5. The maximum Gasteiger partial charge on any atom is 0.160 e. The lowest BCUT2D eigenvalue weighted by atomic mass is 9.99. The fourth-order valence-corrected chi connectivity index (χ4v) is 19.9. The molecule has 4 aliphatic heterocycles. The highest BCUT2D eigenvalue weighted by Gasteiger charge is 2.28. The van der Waals surface area contributed by atoms with Crippen LogP contribution in [0.3, 0.4) is 0 Å². The molecule has 4 aromatic carbocycles. The summed E-state index contributed by atoms with van der Waals surface area (Å²) in [6, 6.07) is 47.4. The van der Waals surface area contributed by atoms with Gasteiger partial charge in [-0.25, -0.2) is 66.2 Å². The maximum atomic E-state index is 14.7. The predicted octanol–water partition coefficient (Wildman–Crippen LogP) is 23.0. The molecule has 0 spiro atoms. The molecule has 20 heterocycles. The number of hydrogen-bond acceptors (Lipinski definition) is 22. The molecule has 0 bridgehead atoms. The topological polar surface area (TPSA) is 277 Å². The molecule has 0 amide bonds. The van der Waals surface area contributed by atoms with Crippen LogP contribution >= 0.6 is 23.2 Å². The summed E-state index contributed by atoms with van der Waals surface area (Å²) in [5, 5.41) is 35.3. The van der Waals surface area contributed by atoms with Crippen molar-refractivity contribution in [2.45, 2.75) is 76.5 Å². The van der Waals surface area contributed by atoms with E-state index in [0.29, 0.717) is 84.7 Å². The smallest absolute Gasteiger partial charge is 0.160 e. The second-order valence-electron chi connectivity index (χ2n) is 36.9. The average Bonchev–Trinajstić information content (AvgIpc) is 0.815. The number of β-amino-alcohol motifs (C(OH)–C–C–N with tert-alkyl or cyclic N) is 1. The highest BCUT2D eigenvalue weighted by molar-refractivity contribution is 6.31. The average molecular weight is 2020 g/mol. The SMILES string of the molecule is CCN1CCC(n2cc(-c3cncc(-c4cc(-c5cc(Cl)ccc5F)nc5ncccc45)c3)cn2)CC1.Fc1ccc(F)c(-c2cc(-c3cncc(-c4cnn(C5CCNCC5)c4)c3)c3cccnc3n2)c1.Fc1ccc(F)c(-c2cc(-c3cncc(-c4cnn(CCCN5CCOCC5)c4)c3)c3cccnc3n2)c1.OCCN1CCC(n2cc(-c3cncc(-c4cc(-c5cc(Cl)ccc5F)nc5ncccc45)c3)cn2)CC1. The third-order valence-electron chi connectivity index (χ3n) is 27.5. The van der Waals surface area contributed by atoms with Gasteiger partial charge >= 0.3 is 0 Å². The standard InChI is InChI=1S/C29H26ClFN6O.C29H26ClFN6.C29H26F2N6O.C27H22F2N6/c30-22-3-4-27(31)26(13-22)28-14-25(24-2-1-7-33-29(24)35-28)20-12-19(15-32-16-20)21-17-34-37(18-21)23-5-8-36(9-6-23)10-11-38;1-2-36-10-7-23(8-11-36)37-18-21(17-34-37)19-12-20(16-32-15-19)25-14-28(26-13-22(30)5-6-27(26)31)35-29-24(25)4-3-9-33-29;30-23-4-5-27(31)26(14-23)28-15-25(24-3-1-6-33-29(24)35-28)21-13-20(16-32-17-21)22-18-34-37(19-22)8-2-7-36-9-11-38-12-10-36;28-20-3-4-25(29)24(11-20)26-12-23(22-2-1-7-32-27(22)34-26)18-10-17(13-31-14-18)19-15-33-35(16-19)21-5-8-30-9-6-21/h1-4,7,12-18,23,38H,5-6,8-11H2;3-6,9,12-18,23H,2,7-8,10-11H2,1H3;1,3-6,13-19H,2,7-12H2;1-4,7,10-16,21,30H,5-6,8-9H2. The number of piperidine rings is 3. The number of aliphatic hydroxyl groups is 1. The lowest BCUT2D eigenvalue weighted by Crippen LogP contribution is -2.37. The predicted molar refractivity (Wildman–Crippen MR) is 563 cm³/mol. The number of hydrogen-bond donors (Lipinski definition) is 2. The molecule has 2 N–H and O–H groups in total. The Balaban J connectivity index is 0.000000116. The zero-order valence-corrected chi connectivity index (χ0v) is 82.2. The van der Waals surface area contributed by atoms with Crippen molar-refractivity contribution in [2.24, 2.45) is 0 Å². The molecule has 34 heteroatoms. The number of fused-ring (bicyclic) bond motifs is 4. The minimum Gasteiger partial charge on any atom is -0.395 e. The van der Waals surface area contributed by atoms with Gasteiger partial charge in [-0.2, -0.15) is 20.4 Å². The van der Waals surface area contributed by atoms with E-state index < -0.39 is 29.1 Å². The molecule has 0 saturated carbocycles. The Kier molecular flexibility index (Phi) is 30.1. The van der Waals surface area contributed by atoms with Gasteiger partial charge in [0, 0.05) is 279 Å². The Morgan fingerprint density at radius 3 is 1.03 bits per heavy atom. The van der Waals surface area contributed by atoms with E-state index in [1.165, 1.54) is 24.3 Å². The molecular formula is C114H100Cl2F6N24O2. The number of rotatable bonds is 22. The van der Waals surface area contributed by atoms with Crippen LogP contribution in [0.25, 0.3) is 178 Å². The Bertz CT molecular complexity index is 8160. The molecule has 24 rings (SSSR count). The van der Waals surface area contributed by atoms with E-state index in [2.05, 4.69) is 143 Å². The Hall–Kier alpha value is -15.5. The van der Waals surface area contributed by atoms with Gasteiger partial charge in [0.15, 0.2) is 22.6 Å². The van der Waals surface area contributed by atoms with Crippen molar-refractivity contribution < 1.29 is 36.2 Å². The first-order valence-electron chi connectivity index (χ1n) is 49.4. The van der Waals surface area contributed by atoms with Crippen molar-refractivity contribution in [3.8, 4) is 134 Å². The van der Waals surface area contributed by atoms with Crippen molar-refractivity contribution in [1.29, 1.82) is 0 Å². The molecule has 26 nitrogen and oxygen atoms in total. The van der Waals surface area contributed by atoms with Crippen LogP contribution < -0.4 is 5.32 Å². The fourth-order valence-electron chi connectivity index (χ4n) is 19.6. The van der Waals surface area contributed by atoms with Crippen LogP contribution in [0.5, 0.6) is 0 Å². The molecule has 20 aromatic rings. The van der Waals surface area contributed by atoms with E-state index in [4.69, 9.17) is 27.9 Å². The van der Waals surface area contributed by atoms with E-state index in [-0.39, 0.29) is 23.6 Å². The highest BCUT2D eigenvalue weighted by atomic mass is 35.5. The number of nitrogens with zero attached hydrogens (tertiary/aromatic N) is 23. The van der Waals surface area contributed by atoms with Crippen LogP contribution in [0.1, 0.15) is 70.0 Å². The van der Waals surface area contributed by atoms with Crippen molar-refractivity contribution >= 4 is 67.3 Å². The number of likely N-dealkylation sites (tertiary alicyclic amines) is 2. The van der Waals surface area contributed by atoms with Crippen molar-refractivity contribution in [3.05, 3.63) is 339 Å². The molecule has 148 heavy (non-hydrogen) atoms. The zero-order chi connectivity index (χ0) is 101. The van der Waals surface area contributed by atoms with Gasteiger partial charge in [0.2, 0.25) is 0 Å². The largest absolute Gasteiger partial charge is 0.395 e. The molecule has 4 fully saturated rings. The van der Waals surface area contributed by atoms with Crippen LogP contribution in [0.15, 0.2) is 294 Å². The summed E-state index contributed by atoms with van der Waals surface area (Å²) in [5.74, 6) is -2.94. The molecule has 16 aromatic heterocycles. The summed E-state index contributed by atoms with van der Waals surface area (Å²) in [6.45, 7) is 15.7. The second kappa shape index (κ2) is 45.2. The van der Waals surface area contributed by atoms with Gasteiger partial charge in [-0.05, 0) is 257 Å². The number of benzene rings is 4. The van der Waals surface area contributed by atoms with Crippen LogP contribution in [-0.2, 0) is 11.3 Å². The van der Waals surface area contributed by atoms with E-state index >= 15 is 0 Å². The Morgan fingerprint density at radius 2 is 0.662 bits per heavy atom. The Labute approximate surface area is 858 Å². The molecule has 0 unspecified atom stereocenters. The number of ether oxygens (including phenoxy) is 1. The summed E-state index contributed by atoms with van der Waals surface area (Å²) in [4.78, 5) is 61.1. The first-order valence-corrected chi connectivity index (χ1v) is 50.1. The molecule has 4 saturated heterocycles. The molecule has 744 valence electrons. The van der Waals surface area contributed by atoms with E-state index in [1.54, 1.807) is 73.8 Å². The van der Waals surface area contributed by atoms with Crippen LogP contribution in [0.2, 0.25) is 10.0 Å². The normalized spacial score (nSPS) is 14.6. The molecular weight excluding hydrogens is 1920 g/mol. The summed E-state index contributed by atoms with van der Waals surface area (Å²) in [6.07, 6.45) is 44.1. The quantitative estimate of drug-likeness (QED) is 0.0596. The van der Waals surface area contributed by atoms with E-state index in [9.17, 15) is 31.4 Å². The number of pyridine rings is 12. The molecule has 0 atom stereocenters. The minimum atomic E-state index is -0.548. The van der Waals surface area contributed by atoms with Crippen molar-refractivity contribution in [3.63, 3.8) is 0 Å². The fraction of sp³-hybridized carbons (Fsp3) is 0.228. The Morgan fingerprint density at radius 1 is 0.331 bits per heavy atom. The zero-order valence-electron chi connectivity index (χ0n) is 80.7. The maximum absolute atomic E-state index is 14.7. The minimum absolute atomic E-state index is 0.0845. The number of aryl methyl sites for hydroxylation is 1. The first kappa shape index (κ1) is 98.5. The first-order chi connectivity index (χ1) is 72.5. The summed E-state index contributed by atoms with van der Waals surface area (Å²) in [5.41, 5.74) is 18.7. The number of halogens is 8. The van der Waals surface area contributed by atoms with Gasteiger partial charge in [-0.3, -0.25) is 43.6 Å². The summed E-state index contributed by atoms with van der Waals surface area (Å²) in [7, 11) is 0. The lowest BCUT2D eigenvalue weighted by molar-refractivity contribution is 0.0368. The monoisotopic (exact) mass is 2020 g/mol. The molecule has 4 aliphatic rings. The molecule has 0 radical (unpaired) electrons. The van der Waals surface area contributed by atoms with E-state index in [1.807, 2.05) is 143 Å². The van der Waals surface area contributed by atoms with Gasteiger partial charge in [0.1, 0.15) is 34.9 Å². The molecule has 0 aliphatic carbocycles. The van der Waals surface area contributed by atoms with Gasteiger partial charge in [-0.15, -0.1) is 0 Å². The highest BCUT2D eigenvalue weighted by Crippen LogP contribution is 2.42. The van der Waals surface area contributed by atoms with Crippen LogP contribution in [0, 0.1) is 34.9 Å². The number of aliphatic hydroxyl groups excluding tert-OH is 1. The van der Waals surface area contributed by atoms with Gasteiger partial charge in [0.25, 0.3) is 0 Å². The van der Waals surface area contributed by atoms with Crippen molar-refractivity contribution in [1.82, 2.24) is 119 Å². The van der Waals surface area contributed by atoms with Crippen molar-refractivity contribution in [2.75, 3.05) is 91.8 Å². The van der Waals surface area contributed by atoms with Gasteiger partial charge in [-0.1, -0.05) is 30.1 Å². The van der Waals surface area contributed by atoms with Crippen LogP contribution in [-0.4, -0.2) is 211 Å². The number of morpholine rings is 1.